The highest BCUT2D eigenvalue weighted by Gasteiger charge is 2.11. The molecule has 0 radical (unpaired) electrons. The number of nitrogens with zero attached hydrogens (tertiary/aromatic N) is 9. The molecule has 96 heavy (non-hydrogen) atoms. The maximum Gasteiger partial charge on any atom is 0.101 e. The molecule has 12 aromatic rings. The number of benzene rings is 12. The molecule has 0 saturated carbocycles. The highest BCUT2D eigenvalue weighted by Crippen LogP contribution is 2.29. The van der Waals surface area contributed by atoms with Crippen molar-refractivity contribution >= 4 is 0 Å². The predicted octanol–water partition coefficient (Wildman–Crippen LogP) is 20.8. The van der Waals surface area contributed by atoms with Crippen LogP contribution in [0, 0.1) is 144 Å². The monoisotopic (exact) mass is 1230 g/mol. The summed E-state index contributed by atoms with van der Waals surface area (Å²) < 4.78 is 0. The lowest BCUT2D eigenvalue weighted by atomic mass is 9.96. The lowest BCUT2D eigenvalue weighted by molar-refractivity contribution is 1.41. The van der Waals surface area contributed by atoms with Crippen LogP contribution in [0.15, 0.2) is 273 Å². The molecule has 0 aliphatic rings. The smallest absolute Gasteiger partial charge is 0.101 e. The van der Waals surface area contributed by atoms with E-state index in [1.54, 1.807) is 36.4 Å². The van der Waals surface area contributed by atoms with E-state index in [9.17, 15) is 0 Å². The summed E-state index contributed by atoms with van der Waals surface area (Å²) in [4.78, 5) is 0. The van der Waals surface area contributed by atoms with E-state index in [4.69, 9.17) is 47.4 Å². The molecule has 12 rings (SSSR count). The van der Waals surface area contributed by atoms with E-state index in [-0.39, 0.29) is 0 Å². The fourth-order valence-corrected chi connectivity index (χ4v) is 10.1. The van der Waals surface area contributed by atoms with Gasteiger partial charge in [0.15, 0.2) is 0 Å². The van der Waals surface area contributed by atoms with Crippen molar-refractivity contribution in [3.63, 3.8) is 0 Å². The molecule has 0 amide bonds. The van der Waals surface area contributed by atoms with Crippen molar-refractivity contribution in [1.29, 1.82) is 47.4 Å². The van der Waals surface area contributed by atoms with Crippen molar-refractivity contribution in [3.8, 4) is 121 Å². The van der Waals surface area contributed by atoms with Crippen LogP contribution in [0.25, 0.3) is 66.8 Å². The molecule has 0 bridgehead atoms. The van der Waals surface area contributed by atoms with Gasteiger partial charge in [-0.25, -0.2) is 0 Å². The van der Waals surface area contributed by atoms with E-state index in [1.165, 1.54) is 27.8 Å². The van der Waals surface area contributed by atoms with E-state index >= 15 is 0 Å². The van der Waals surface area contributed by atoms with Crippen molar-refractivity contribution in [1.82, 2.24) is 0 Å². The van der Waals surface area contributed by atoms with Gasteiger partial charge in [0.25, 0.3) is 0 Å². The van der Waals surface area contributed by atoms with Crippen LogP contribution in [0.1, 0.15) is 83.5 Å². The van der Waals surface area contributed by atoms with E-state index in [2.05, 4.69) is 106 Å². The first-order chi connectivity index (χ1) is 46.6. The normalized spacial score (nSPS) is 9.47. The second kappa shape index (κ2) is 35.4. The van der Waals surface area contributed by atoms with Gasteiger partial charge in [-0.15, -0.1) is 0 Å². The molecule has 0 aliphatic heterocycles. The average molecular weight is 1230 g/mol. The van der Waals surface area contributed by atoms with E-state index in [0.29, 0.717) is 44.5 Å². The van der Waals surface area contributed by atoms with E-state index < -0.39 is 0 Å². The Labute approximate surface area is 563 Å². The minimum atomic E-state index is 0.420. The van der Waals surface area contributed by atoms with E-state index in [1.807, 2.05) is 227 Å². The Balaban J connectivity index is 0.000000163. The zero-order valence-corrected chi connectivity index (χ0v) is 54.0. The molecule has 12 aromatic carbocycles. The Kier molecular flexibility index (Phi) is 25.7. The Hall–Kier alpha value is -14.0. The number of hydrogen-bond acceptors (Lipinski definition) is 9. The van der Waals surface area contributed by atoms with Crippen LogP contribution in [0.2, 0.25) is 0 Å². The molecule has 0 aromatic heterocycles. The van der Waals surface area contributed by atoms with Crippen molar-refractivity contribution in [2.45, 2.75) is 41.5 Å². The Morgan fingerprint density at radius 3 is 0.958 bits per heavy atom. The summed E-state index contributed by atoms with van der Waals surface area (Å²) in [6.45, 7) is 12.2. The largest absolute Gasteiger partial charge is 0.192 e. The molecule has 0 spiro atoms. The molecule has 0 N–H and O–H groups in total. The van der Waals surface area contributed by atoms with Gasteiger partial charge < -0.3 is 0 Å². The van der Waals surface area contributed by atoms with Crippen molar-refractivity contribution in [2.24, 2.45) is 0 Å². The summed E-state index contributed by atoms with van der Waals surface area (Å²) in [6.07, 6.45) is 0. The summed E-state index contributed by atoms with van der Waals surface area (Å²) in [5, 5.41) is 80.4. The fourth-order valence-electron chi connectivity index (χ4n) is 10.1. The second-order valence-electron chi connectivity index (χ2n) is 22.2. The first-order valence-corrected chi connectivity index (χ1v) is 30.4. The predicted molar refractivity (Wildman–Crippen MR) is 382 cm³/mol. The average Bonchev–Trinajstić information content (AvgIpc) is 0.913. The molecular weight excluding hydrogens is 1170 g/mol. The van der Waals surface area contributed by atoms with Crippen molar-refractivity contribution < 1.29 is 0 Å². The minimum absolute atomic E-state index is 0.420. The van der Waals surface area contributed by atoms with Crippen LogP contribution in [0.4, 0.5) is 0 Å². The number of rotatable bonds is 6. The third-order valence-electron chi connectivity index (χ3n) is 14.9. The van der Waals surface area contributed by atoms with Gasteiger partial charge in [0.05, 0.1) is 80.4 Å². The molecule has 0 aliphatic carbocycles. The maximum absolute atomic E-state index is 9.16. The van der Waals surface area contributed by atoms with Gasteiger partial charge >= 0.3 is 0 Å². The molecule has 0 fully saturated rings. The first kappa shape index (κ1) is 69.5. The number of hydrogen-bond donors (Lipinski definition) is 0. The third kappa shape index (κ3) is 19.8. The SMILES string of the molecule is Cc1cccc(-c2ccc(C#N)c(C#N)c2)c1.Cc1cccc(-c2ccc(C#N)cc2)c1.Cc1cccc(-c2ccc(C#N)cc2C#N)c1.Cc1cccc(-c2cccc(C#N)c2)c1.Cc1cccc(-c2cccc(C#N)c2C#N)c1.Cc1cccc(-c2ccccc2C#N)c1. The molecule has 0 atom stereocenters. The quantitative estimate of drug-likeness (QED) is 0.155. The number of aryl methyl sites for hydroxylation is 6. The lowest BCUT2D eigenvalue weighted by Crippen LogP contribution is -1.89. The van der Waals surface area contributed by atoms with Gasteiger partial charge in [-0.3, -0.25) is 0 Å². The minimum Gasteiger partial charge on any atom is -0.192 e. The topological polar surface area (TPSA) is 214 Å². The number of nitriles is 9. The Morgan fingerprint density at radius 2 is 0.510 bits per heavy atom. The van der Waals surface area contributed by atoms with Gasteiger partial charge in [0.2, 0.25) is 0 Å². The maximum atomic E-state index is 9.16. The molecule has 0 saturated heterocycles. The molecule has 9 heteroatoms. The highest BCUT2D eigenvalue weighted by molar-refractivity contribution is 5.76. The second-order valence-corrected chi connectivity index (χ2v) is 22.2. The first-order valence-electron chi connectivity index (χ1n) is 30.4. The zero-order chi connectivity index (χ0) is 68.8. The summed E-state index contributed by atoms with van der Waals surface area (Å²) in [5.74, 6) is 0. The third-order valence-corrected chi connectivity index (χ3v) is 14.9. The van der Waals surface area contributed by atoms with Crippen LogP contribution in [0.5, 0.6) is 0 Å². The lowest BCUT2D eigenvalue weighted by Gasteiger charge is -2.06. The zero-order valence-electron chi connectivity index (χ0n) is 54.0. The summed E-state index contributed by atoms with van der Waals surface area (Å²) in [6, 6.07) is 106. The van der Waals surface area contributed by atoms with Gasteiger partial charge in [-0.05, 0) is 163 Å². The Morgan fingerprint density at radius 1 is 0.177 bits per heavy atom. The van der Waals surface area contributed by atoms with Crippen LogP contribution in [-0.4, -0.2) is 0 Å². The highest BCUT2D eigenvalue weighted by atomic mass is 14.3. The van der Waals surface area contributed by atoms with Crippen LogP contribution in [0.3, 0.4) is 0 Å². The van der Waals surface area contributed by atoms with Gasteiger partial charge in [-0.2, -0.15) is 47.4 Å². The van der Waals surface area contributed by atoms with Crippen molar-refractivity contribution in [2.75, 3.05) is 0 Å². The fraction of sp³-hybridized carbons (Fsp3) is 0.0690. The summed E-state index contributed by atoms with van der Waals surface area (Å²) in [5.41, 5.74) is 24.4. The van der Waals surface area contributed by atoms with Crippen molar-refractivity contribution in [3.05, 3.63) is 356 Å². The van der Waals surface area contributed by atoms with Gasteiger partial charge in [0.1, 0.15) is 24.3 Å². The van der Waals surface area contributed by atoms with Crippen LogP contribution < -0.4 is 0 Å². The molecule has 0 heterocycles. The van der Waals surface area contributed by atoms with Gasteiger partial charge in [0, 0.05) is 5.56 Å². The van der Waals surface area contributed by atoms with E-state index in [0.717, 1.165) is 77.9 Å². The van der Waals surface area contributed by atoms with Gasteiger partial charge in [-0.1, -0.05) is 246 Å². The molecule has 456 valence electrons. The Bertz CT molecular complexity index is 5130. The summed E-state index contributed by atoms with van der Waals surface area (Å²) in [7, 11) is 0. The molecule has 0 unspecified atom stereocenters. The van der Waals surface area contributed by atoms with Crippen LogP contribution in [-0.2, 0) is 0 Å². The standard InChI is InChI=1S/3C15H10N2.3C14H11N/c1-11-4-2-5-12(8-11)14-7-3-6-13(9-16)15(14)10-17;1-11-3-2-4-13(7-11)15-6-5-12(9-16)8-14(15)10-17;1-11-3-2-4-12(7-11)13-5-6-14(9-16)15(8-13)10-17;1-11-4-2-6-13(8-11)14-7-3-5-12(9-14)10-15;1-11-5-4-7-12(9-11)14-8-3-2-6-13(14)10-15;1-11-3-2-4-14(9-11)13-7-5-12(10-15)6-8-13/h3*2-8H,1H3;3*2-9H,1H3. The molecule has 9 nitrogen and oxygen atoms in total. The summed E-state index contributed by atoms with van der Waals surface area (Å²) >= 11 is 0. The van der Waals surface area contributed by atoms with Crippen LogP contribution >= 0.6 is 0 Å². The molecular formula is C87H63N9.